The number of pyridine rings is 1. The van der Waals surface area contributed by atoms with Crippen LogP contribution in [0.25, 0.3) is 10.9 Å². The fourth-order valence-corrected chi connectivity index (χ4v) is 1.35. The summed E-state index contributed by atoms with van der Waals surface area (Å²) in [6.07, 6.45) is 1.53. The molecule has 1 aromatic heterocycles. The van der Waals surface area contributed by atoms with Crippen LogP contribution in [-0.2, 0) is 0 Å². The van der Waals surface area contributed by atoms with E-state index in [9.17, 15) is 4.79 Å². The third kappa shape index (κ3) is 1.59. The minimum Gasteiger partial charge on any atom is -0.394 e. The van der Waals surface area contributed by atoms with Crippen molar-refractivity contribution in [2.75, 3.05) is 5.73 Å². The van der Waals surface area contributed by atoms with E-state index in [-0.39, 0.29) is 23.5 Å². The molecule has 0 saturated heterocycles. The van der Waals surface area contributed by atoms with E-state index in [0.29, 0.717) is 5.39 Å². The number of fused-ring (bicyclic) bond motifs is 1. The van der Waals surface area contributed by atoms with Crippen LogP contribution in [0.5, 0.6) is 0 Å². The predicted molar refractivity (Wildman–Crippen MR) is 61.0 cm³/mol. The molecule has 2 rings (SSSR count). The van der Waals surface area contributed by atoms with Crippen molar-refractivity contribution in [3.05, 3.63) is 40.2 Å². The molecule has 0 unspecified atom stereocenters. The summed E-state index contributed by atoms with van der Waals surface area (Å²) in [5.74, 6) is 0. The minimum absolute atomic E-state index is 0. The van der Waals surface area contributed by atoms with Gasteiger partial charge < -0.3 is 10.7 Å². The number of nitrogens with one attached hydrogen (secondary N) is 1. The lowest BCUT2D eigenvalue weighted by molar-refractivity contribution is 1.38. The Morgan fingerprint density at radius 3 is 2.79 bits per heavy atom. The summed E-state index contributed by atoms with van der Waals surface area (Å²) < 4.78 is 0. The highest BCUT2D eigenvalue weighted by Gasteiger charge is 2.00. The van der Waals surface area contributed by atoms with E-state index in [1.54, 1.807) is 0 Å². The van der Waals surface area contributed by atoms with Gasteiger partial charge in [0.1, 0.15) is 0 Å². The van der Waals surface area contributed by atoms with Crippen molar-refractivity contribution in [3.63, 3.8) is 0 Å². The second-order valence-electron chi connectivity index (χ2n) is 3.12. The zero-order valence-corrected chi connectivity index (χ0v) is 8.52. The van der Waals surface area contributed by atoms with Crippen LogP contribution in [0.2, 0.25) is 0 Å². The van der Waals surface area contributed by atoms with E-state index < -0.39 is 0 Å². The Labute approximate surface area is 87.4 Å². The quantitative estimate of drug-likeness (QED) is 0.697. The first-order chi connectivity index (χ1) is 6.18. The number of halogens is 1. The van der Waals surface area contributed by atoms with Crippen LogP contribution < -0.4 is 11.2 Å². The molecular formula is C10H11ClN2O. The summed E-state index contributed by atoms with van der Waals surface area (Å²) in [5.41, 5.74) is 7.54. The second-order valence-corrected chi connectivity index (χ2v) is 3.12. The van der Waals surface area contributed by atoms with Crippen molar-refractivity contribution in [2.45, 2.75) is 6.92 Å². The van der Waals surface area contributed by atoms with E-state index in [0.717, 1.165) is 11.1 Å². The van der Waals surface area contributed by atoms with Crippen molar-refractivity contribution in [2.24, 2.45) is 0 Å². The van der Waals surface area contributed by atoms with Crippen molar-refractivity contribution >= 4 is 29.0 Å². The maximum absolute atomic E-state index is 11.5. The third-order valence-corrected chi connectivity index (χ3v) is 2.07. The van der Waals surface area contributed by atoms with Crippen molar-refractivity contribution in [1.82, 2.24) is 4.98 Å². The second kappa shape index (κ2) is 3.72. The minimum atomic E-state index is -0.0996. The number of aryl methyl sites for hydroxylation is 1. The molecular weight excluding hydrogens is 200 g/mol. The number of hydrogen-bond donors (Lipinski definition) is 2. The predicted octanol–water partition coefficient (Wildman–Crippen LogP) is 1.84. The number of benzene rings is 1. The van der Waals surface area contributed by atoms with Crippen molar-refractivity contribution < 1.29 is 0 Å². The molecule has 0 saturated carbocycles. The lowest BCUT2D eigenvalue weighted by Crippen LogP contribution is -2.08. The lowest BCUT2D eigenvalue weighted by atomic mass is 10.1. The van der Waals surface area contributed by atoms with Gasteiger partial charge in [-0.2, -0.15) is 0 Å². The summed E-state index contributed by atoms with van der Waals surface area (Å²) in [6.45, 7) is 1.95. The first-order valence-corrected chi connectivity index (χ1v) is 4.06. The van der Waals surface area contributed by atoms with Gasteiger partial charge in [0, 0.05) is 17.1 Å². The van der Waals surface area contributed by atoms with Crippen LogP contribution in [-0.4, -0.2) is 4.98 Å². The zero-order chi connectivity index (χ0) is 9.42. The first-order valence-electron chi connectivity index (χ1n) is 4.06. The van der Waals surface area contributed by atoms with Gasteiger partial charge in [0.05, 0.1) is 5.69 Å². The molecule has 3 nitrogen and oxygen atoms in total. The van der Waals surface area contributed by atoms with Gasteiger partial charge in [-0.3, -0.25) is 4.79 Å². The topological polar surface area (TPSA) is 58.9 Å². The largest absolute Gasteiger partial charge is 0.394 e. The maximum Gasteiger partial charge on any atom is 0.212 e. The lowest BCUT2D eigenvalue weighted by Gasteiger charge is -1.99. The molecule has 0 radical (unpaired) electrons. The molecule has 0 aliphatic carbocycles. The Balaban J connectivity index is 0.000000980. The van der Waals surface area contributed by atoms with Crippen LogP contribution in [0.4, 0.5) is 5.69 Å². The van der Waals surface area contributed by atoms with Crippen LogP contribution in [0, 0.1) is 6.92 Å². The third-order valence-electron chi connectivity index (χ3n) is 2.07. The van der Waals surface area contributed by atoms with Gasteiger partial charge in [0.25, 0.3) is 0 Å². The normalized spacial score (nSPS) is 9.79. The average Bonchev–Trinajstić information content (AvgIpc) is 2.12. The molecule has 1 heterocycles. The molecule has 0 atom stereocenters. The Hall–Kier alpha value is -1.48. The van der Waals surface area contributed by atoms with Gasteiger partial charge in [-0.05, 0) is 19.1 Å². The Morgan fingerprint density at radius 2 is 2.07 bits per heavy atom. The molecule has 0 amide bonds. The molecule has 3 N–H and O–H groups in total. The number of nitrogens with two attached hydrogens (primary N) is 1. The van der Waals surface area contributed by atoms with E-state index in [4.69, 9.17) is 5.73 Å². The van der Waals surface area contributed by atoms with Gasteiger partial charge in [0.15, 0.2) is 0 Å². The molecule has 0 bridgehead atoms. The number of anilines is 1. The van der Waals surface area contributed by atoms with Crippen LogP contribution in [0.15, 0.2) is 29.2 Å². The number of aromatic nitrogens is 1. The summed E-state index contributed by atoms with van der Waals surface area (Å²) in [5, 5.41) is 0.653. The van der Waals surface area contributed by atoms with Gasteiger partial charge in [-0.1, -0.05) is 11.6 Å². The molecule has 74 valence electrons. The van der Waals surface area contributed by atoms with E-state index in [2.05, 4.69) is 4.98 Å². The van der Waals surface area contributed by atoms with Crippen molar-refractivity contribution in [1.29, 1.82) is 0 Å². The zero-order valence-electron chi connectivity index (χ0n) is 7.70. The summed E-state index contributed by atoms with van der Waals surface area (Å²) >= 11 is 0. The van der Waals surface area contributed by atoms with E-state index in [1.807, 2.05) is 25.1 Å². The molecule has 4 heteroatoms. The van der Waals surface area contributed by atoms with Crippen LogP contribution in [0.1, 0.15) is 5.56 Å². The summed E-state index contributed by atoms with van der Waals surface area (Å²) in [6, 6.07) is 5.67. The van der Waals surface area contributed by atoms with Crippen molar-refractivity contribution in [3.8, 4) is 0 Å². The van der Waals surface area contributed by atoms with Gasteiger partial charge >= 0.3 is 0 Å². The fourth-order valence-electron chi connectivity index (χ4n) is 1.35. The van der Waals surface area contributed by atoms with E-state index >= 15 is 0 Å². The number of hydrogen-bond acceptors (Lipinski definition) is 2. The van der Waals surface area contributed by atoms with E-state index in [1.165, 1.54) is 6.20 Å². The monoisotopic (exact) mass is 210 g/mol. The smallest absolute Gasteiger partial charge is 0.212 e. The number of nitrogen functional groups attached to an aromatic ring is 1. The van der Waals surface area contributed by atoms with Crippen LogP contribution in [0.3, 0.4) is 0 Å². The Bertz CT molecular complexity index is 514. The highest BCUT2D eigenvalue weighted by atomic mass is 35.5. The number of H-pyrrole nitrogens is 1. The molecule has 1 aromatic carbocycles. The molecule has 0 fully saturated rings. The highest BCUT2D eigenvalue weighted by Crippen LogP contribution is 2.10. The Kier molecular flexibility index (Phi) is 2.81. The maximum atomic E-state index is 11.5. The standard InChI is InChI=1S/C10H10N2O.ClH/c1-6-2-3-9-7(4-6)10(13)8(11)5-12-9;/h2-5H,11H2,1H3,(H,12,13);1H. The summed E-state index contributed by atoms with van der Waals surface area (Å²) in [4.78, 5) is 14.5. The van der Waals surface area contributed by atoms with Gasteiger partial charge in [0.2, 0.25) is 5.43 Å². The SMILES string of the molecule is Cc1ccc2[nH]cc(N)c(=O)c2c1.Cl. The first kappa shape index (κ1) is 10.6. The molecule has 0 aliphatic heterocycles. The fraction of sp³-hybridized carbons (Fsp3) is 0.100. The molecule has 0 aliphatic rings. The Morgan fingerprint density at radius 1 is 1.36 bits per heavy atom. The summed E-state index contributed by atoms with van der Waals surface area (Å²) in [7, 11) is 0. The molecule has 2 aromatic rings. The van der Waals surface area contributed by atoms with Gasteiger partial charge in [-0.15, -0.1) is 12.4 Å². The average molecular weight is 211 g/mol. The molecule has 0 spiro atoms. The number of rotatable bonds is 0. The van der Waals surface area contributed by atoms with Crippen LogP contribution >= 0.6 is 12.4 Å². The van der Waals surface area contributed by atoms with Gasteiger partial charge in [-0.25, -0.2) is 0 Å². The highest BCUT2D eigenvalue weighted by molar-refractivity contribution is 5.85. The molecule has 14 heavy (non-hydrogen) atoms. The number of aromatic amines is 1.